The van der Waals surface area contributed by atoms with E-state index < -0.39 is 11.9 Å². The highest BCUT2D eigenvalue weighted by Crippen LogP contribution is 2.15. The smallest absolute Gasteiger partial charge is 0.339 e. The quantitative estimate of drug-likeness (QED) is 0.104. The van der Waals surface area contributed by atoms with Crippen molar-refractivity contribution in [2.75, 3.05) is 13.2 Å². The van der Waals surface area contributed by atoms with Gasteiger partial charge in [-0.3, -0.25) is 0 Å². The van der Waals surface area contributed by atoms with E-state index in [1.807, 2.05) is 0 Å². The maximum atomic E-state index is 12.6. The van der Waals surface area contributed by atoms with Crippen LogP contribution in [-0.2, 0) is 9.47 Å². The molecule has 0 bridgehead atoms. The van der Waals surface area contributed by atoms with Gasteiger partial charge in [-0.15, -0.1) is 0 Å². The minimum Gasteiger partial charge on any atom is -0.462 e. The lowest BCUT2D eigenvalue weighted by atomic mass is 10.1. The molecular formula is C32H54O4. The monoisotopic (exact) mass is 502 g/mol. The van der Waals surface area contributed by atoms with Gasteiger partial charge < -0.3 is 9.47 Å². The maximum Gasteiger partial charge on any atom is 0.339 e. The predicted octanol–water partition coefficient (Wildman–Crippen LogP) is 9.84. The molecule has 0 aliphatic rings. The number of ether oxygens (including phenoxy) is 2. The van der Waals surface area contributed by atoms with Crippen LogP contribution in [0.5, 0.6) is 0 Å². The molecule has 1 aromatic carbocycles. The van der Waals surface area contributed by atoms with Gasteiger partial charge in [0, 0.05) is 0 Å². The molecule has 0 aliphatic heterocycles. The van der Waals surface area contributed by atoms with Gasteiger partial charge in [0.15, 0.2) is 0 Å². The number of carbonyl (C=O) groups is 2. The summed E-state index contributed by atoms with van der Waals surface area (Å²) in [4.78, 5) is 25.1. The van der Waals surface area contributed by atoms with Gasteiger partial charge in [0.05, 0.1) is 24.3 Å². The molecule has 0 radical (unpaired) electrons. The molecule has 0 fully saturated rings. The first kappa shape index (κ1) is 32.2. The fourth-order valence-corrected chi connectivity index (χ4v) is 4.50. The molecule has 4 heteroatoms. The van der Waals surface area contributed by atoms with Crippen molar-refractivity contribution < 1.29 is 19.1 Å². The van der Waals surface area contributed by atoms with Gasteiger partial charge in [0.25, 0.3) is 0 Å². The Labute approximate surface area is 221 Å². The Hall–Kier alpha value is -1.84. The Balaban J connectivity index is 2.14. The number of carbonyl (C=O) groups excluding carboxylic acids is 2. The first-order valence-corrected chi connectivity index (χ1v) is 15.1. The number of hydrogen-bond acceptors (Lipinski definition) is 4. The number of unbranched alkanes of at least 4 members (excludes halogenated alkanes) is 18. The summed E-state index contributed by atoms with van der Waals surface area (Å²) in [5.41, 5.74) is 0.606. The number of rotatable bonds is 24. The third-order valence-electron chi connectivity index (χ3n) is 6.83. The van der Waals surface area contributed by atoms with Crippen molar-refractivity contribution in [1.29, 1.82) is 0 Å². The summed E-state index contributed by atoms with van der Waals surface area (Å²) in [5, 5.41) is 0. The summed E-state index contributed by atoms with van der Waals surface area (Å²) in [6.07, 6.45) is 24.8. The SMILES string of the molecule is CCCCCCCCCCCCCCOC(=O)c1ccccc1C(=O)OCCCCCCCCCC. The molecule has 0 atom stereocenters. The lowest BCUT2D eigenvalue weighted by molar-refractivity contribution is 0.0450. The summed E-state index contributed by atoms with van der Waals surface area (Å²) in [7, 11) is 0. The number of esters is 2. The fraction of sp³-hybridized carbons (Fsp3) is 0.750. The van der Waals surface area contributed by atoms with Gasteiger partial charge in [0.2, 0.25) is 0 Å². The molecule has 0 N–H and O–H groups in total. The van der Waals surface area contributed by atoms with Gasteiger partial charge in [-0.2, -0.15) is 0 Å². The predicted molar refractivity (Wildman–Crippen MR) is 151 cm³/mol. The van der Waals surface area contributed by atoms with Crippen LogP contribution >= 0.6 is 0 Å². The summed E-state index contributed by atoms with van der Waals surface area (Å²) in [6.45, 7) is 5.29. The zero-order valence-electron chi connectivity index (χ0n) is 23.5. The highest BCUT2D eigenvalue weighted by Gasteiger charge is 2.18. The summed E-state index contributed by atoms with van der Waals surface area (Å²) in [6, 6.07) is 6.82. The zero-order valence-corrected chi connectivity index (χ0v) is 23.5. The Morgan fingerprint density at radius 1 is 0.472 bits per heavy atom. The van der Waals surface area contributed by atoms with Gasteiger partial charge in [-0.1, -0.05) is 142 Å². The van der Waals surface area contributed by atoms with Crippen LogP contribution in [0.2, 0.25) is 0 Å². The molecule has 206 valence electrons. The van der Waals surface area contributed by atoms with Crippen molar-refractivity contribution in [2.45, 2.75) is 142 Å². The first-order valence-electron chi connectivity index (χ1n) is 15.1. The molecule has 1 aromatic rings. The summed E-state index contributed by atoms with van der Waals surface area (Å²) in [5.74, 6) is -0.867. The lowest BCUT2D eigenvalue weighted by Crippen LogP contribution is -2.15. The van der Waals surface area contributed by atoms with Crippen LogP contribution in [0.15, 0.2) is 24.3 Å². The van der Waals surface area contributed by atoms with Crippen molar-refractivity contribution in [3.05, 3.63) is 35.4 Å². The molecular weight excluding hydrogens is 448 g/mol. The molecule has 0 heterocycles. The molecule has 0 aromatic heterocycles. The molecule has 0 unspecified atom stereocenters. The van der Waals surface area contributed by atoms with E-state index in [-0.39, 0.29) is 0 Å². The van der Waals surface area contributed by atoms with Gasteiger partial charge in [0.1, 0.15) is 0 Å². The van der Waals surface area contributed by atoms with Crippen molar-refractivity contribution in [1.82, 2.24) is 0 Å². The van der Waals surface area contributed by atoms with E-state index in [1.165, 1.54) is 103 Å². The van der Waals surface area contributed by atoms with E-state index in [9.17, 15) is 9.59 Å². The molecule has 0 aliphatic carbocycles. The van der Waals surface area contributed by atoms with E-state index in [0.717, 1.165) is 25.7 Å². The maximum absolute atomic E-state index is 12.6. The third kappa shape index (κ3) is 16.8. The van der Waals surface area contributed by atoms with E-state index in [4.69, 9.17) is 9.47 Å². The van der Waals surface area contributed by atoms with Gasteiger partial charge in [-0.05, 0) is 25.0 Å². The van der Waals surface area contributed by atoms with E-state index in [0.29, 0.717) is 24.3 Å². The van der Waals surface area contributed by atoms with E-state index in [2.05, 4.69) is 13.8 Å². The topological polar surface area (TPSA) is 52.6 Å². The average molecular weight is 503 g/mol. The van der Waals surface area contributed by atoms with Crippen molar-refractivity contribution >= 4 is 11.9 Å². The second-order valence-electron chi connectivity index (χ2n) is 10.2. The Kier molecular flexibility index (Phi) is 21.1. The average Bonchev–Trinajstić information content (AvgIpc) is 2.90. The minimum absolute atomic E-state index is 0.303. The molecule has 4 nitrogen and oxygen atoms in total. The normalized spacial score (nSPS) is 10.9. The Morgan fingerprint density at radius 3 is 1.06 bits per heavy atom. The molecule has 36 heavy (non-hydrogen) atoms. The largest absolute Gasteiger partial charge is 0.462 e. The Bertz CT molecular complexity index is 670. The highest BCUT2D eigenvalue weighted by molar-refractivity contribution is 6.03. The molecule has 0 spiro atoms. The van der Waals surface area contributed by atoms with Gasteiger partial charge in [-0.25, -0.2) is 9.59 Å². The van der Waals surface area contributed by atoms with Crippen molar-refractivity contribution in [2.24, 2.45) is 0 Å². The fourth-order valence-electron chi connectivity index (χ4n) is 4.50. The zero-order chi connectivity index (χ0) is 26.1. The molecule has 1 rings (SSSR count). The van der Waals surface area contributed by atoms with E-state index in [1.54, 1.807) is 24.3 Å². The molecule has 0 amide bonds. The van der Waals surface area contributed by atoms with Gasteiger partial charge >= 0.3 is 11.9 Å². The highest BCUT2D eigenvalue weighted by atomic mass is 16.5. The van der Waals surface area contributed by atoms with Crippen LogP contribution in [0.4, 0.5) is 0 Å². The van der Waals surface area contributed by atoms with E-state index >= 15 is 0 Å². The molecule has 0 saturated heterocycles. The minimum atomic E-state index is -0.434. The Morgan fingerprint density at radius 2 is 0.750 bits per heavy atom. The van der Waals surface area contributed by atoms with Crippen LogP contribution in [0, 0.1) is 0 Å². The first-order chi connectivity index (χ1) is 17.7. The lowest BCUT2D eigenvalue weighted by Gasteiger charge is -2.10. The standard InChI is InChI=1S/C32H54O4/c1-3-5-7-9-11-13-14-15-16-18-20-24-28-36-32(34)30-26-22-21-25-29(30)31(33)35-27-23-19-17-12-10-8-6-4-2/h21-22,25-26H,3-20,23-24,27-28H2,1-2H3. The van der Waals surface area contributed by atoms with Crippen LogP contribution in [0.1, 0.15) is 163 Å². The van der Waals surface area contributed by atoms with Crippen LogP contribution in [0.25, 0.3) is 0 Å². The number of benzene rings is 1. The summed E-state index contributed by atoms with van der Waals surface area (Å²) >= 11 is 0. The van der Waals surface area contributed by atoms with Crippen molar-refractivity contribution in [3.63, 3.8) is 0 Å². The second-order valence-corrected chi connectivity index (χ2v) is 10.2. The van der Waals surface area contributed by atoms with Crippen LogP contribution in [0.3, 0.4) is 0 Å². The second kappa shape index (κ2) is 23.6. The van der Waals surface area contributed by atoms with Crippen molar-refractivity contribution in [3.8, 4) is 0 Å². The van der Waals surface area contributed by atoms with Crippen LogP contribution < -0.4 is 0 Å². The third-order valence-corrected chi connectivity index (χ3v) is 6.83. The molecule has 0 saturated carbocycles. The number of hydrogen-bond donors (Lipinski definition) is 0. The summed E-state index contributed by atoms with van der Waals surface area (Å²) < 4.78 is 10.9. The van der Waals surface area contributed by atoms with Crippen LogP contribution in [-0.4, -0.2) is 25.2 Å².